The van der Waals surface area contributed by atoms with E-state index in [-0.39, 0.29) is 0 Å². The van der Waals surface area contributed by atoms with Crippen LogP contribution in [0.2, 0.25) is 0 Å². The van der Waals surface area contributed by atoms with Crippen molar-refractivity contribution < 1.29 is 0 Å². The number of fused-ring (bicyclic) bond motifs is 1. The normalized spacial score (nSPS) is 19.2. The number of hydrogen-bond donors (Lipinski definition) is 0. The Labute approximate surface area is 116 Å². The molecule has 0 saturated carbocycles. The van der Waals surface area contributed by atoms with E-state index >= 15 is 0 Å². The van der Waals surface area contributed by atoms with E-state index < -0.39 is 0 Å². The van der Waals surface area contributed by atoms with Crippen molar-refractivity contribution in [3.8, 4) is 0 Å². The lowest BCUT2D eigenvalue weighted by molar-refractivity contribution is 0.365. The Morgan fingerprint density at radius 2 is 1.89 bits per heavy atom. The molecule has 1 aliphatic carbocycles. The highest BCUT2D eigenvalue weighted by Gasteiger charge is 2.16. The highest BCUT2D eigenvalue weighted by molar-refractivity contribution is 5.64. The van der Waals surface area contributed by atoms with E-state index in [1.807, 2.05) is 0 Å². The summed E-state index contributed by atoms with van der Waals surface area (Å²) < 4.78 is 0. The maximum atomic E-state index is 2.60. The predicted molar refractivity (Wildman–Crippen MR) is 82.7 cm³/mol. The fourth-order valence-electron chi connectivity index (χ4n) is 3.17. The fourth-order valence-corrected chi connectivity index (χ4v) is 3.17. The van der Waals surface area contributed by atoms with Crippen molar-refractivity contribution in [2.24, 2.45) is 0 Å². The van der Waals surface area contributed by atoms with Gasteiger partial charge in [-0.1, -0.05) is 17.7 Å². The van der Waals surface area contributed by atoms with Gasteiger partial charge >= 0.3 is 0 Å². The molecule has 1 heterocycles. The molecule has 1 aromatic rings. The molecule has 1 saturated heterocycles. The van der Waals surface area contributed by atoms with Crippen LogP contribution in [0.25, 0.3) is 6.08 Å². The van der Waals surface area contributed by atoms with Gasteiger partial charge in [0.2, 0.25) is 0 Å². The van der Waals surface area contributed by atoms with Crippen LogP contribution < -0.4 is 4.90 Å². The van der Waals surface area contributed by atoms with E-state index in [9.17, 15) is 0 Å². The molecule has 1 aromatic carbocycles. The first-order chi connectivity index (χ1) is 9.22. The third-order valence-electron chi connectivity index (χ3n) is 4.34. The van der Waals surface area contributed by atoms with Crippen LogP contribution in [-0.2, 0) is 6.42 Å². The van der Waals surface area contributed by atoms with Gasteiger partial charge in [0.1, 0.15) is 0 Å². The van der Waals surface area contributed by atoms with E-state index in [0.29, 0.717) is 0 Å². The third kappa shape index (κ3) is 2.84. The molecule has 2 aliphatic rings. The first kappa shape index (κ1) is 12.7. The molecule has 1 aliphatic heterocycles. The van der Waals surface area contributed by atoms with E-state index in [2.05, 4.69) is 48.2 Å². The van der Waals surface area contributed by atoms with Crippen LogP contribution in [0.15, 0.2) is 23.8 Å². The van der Waals surface area contributed by atoms with Gasteiger partial charge in [-0.25, -0.2) is 0 Å². The Balaban J connectivity index is 1.76. The SMILES string of the molecule is CN(C)c1ccc2c(c1)CCC(CN1CCCC1)=C2. The quantitative estimate of drug-likeness (QED) is 0.819. The van der Waals surface area contributed by atoms with Crippen LogP contribution in [0.1, 0.15) is 30.4 Å². The minimum Gasteiger partial charge on any atom is -0.378 e. The summed E-state index contributed by atoms with van der Waals surface area (Å²) in [6, 6.07) is 6.86. The van der Waals surface area contributed by atoms with Crippen LogP contribution in [-0.4, -0.2) is 38.6 Å². The van der Waals surface area contributed by atoms with Crippen molar-refractivity contribution in [3.63, 3.8) is 0 Å². The van der Waals surface area contributed by atoms with Crippen molar-refractivity contribution in [1.29, 1.82) is 0 Å². The molecular weight excluding hydrogens is 232 g/mol. The fraction of sp³-hybridized carbons (Fsp3) is 0.529. The molecule has 0 spiro atoms. The summed E-state index contributed by atoms with van der Waals surface area (Å²) in [6.07, 6.45) is 7.64. The molecule has 0 aromatic heterocycles. The highest BCUT2D eigenvalue weighted by atomic mass is 15.1. The van der Waals surface area contributed by atoms with Crippen LogP contribution >= 0.6 is 0 Å². The number of benzene rings is 1. The lowest BCUT2D eigenvalue weighted by Crippen LogP contribution is -2.23. The van der Waals surface area contributed by atoms with Crippen molar-refractivity contribution in [1.82, 2.24) is 4.90 Å². The van der Waals surface area contributed by atoms with Crippen molar-refractivity contribution in [2.45, 2.75) is 25.7 Å². The Morgan fingerprint density at radius 3 is 2.63 bits per heavy atom. The number of nitrogens with zero attached hydrogens (tertiary/aromatic N) is 2. The average molecular weight is 256 g/mol. The summed E-state index contributed by atoms with van der Waals surface area (Å²) in [5, 5.41) is 0. The molecule has 0 bridgehead atoms. The zero-order chi connectivity index (χ0) is 13.2. The Kier molecular flexibility index (Phi) is 3.61. The molecule has 0 unspecified atom stereocenters. The van der Waals surface area contributed by atoms with Crippen molar-refractivity contribution in [3.05, 3.63) is 34.9 Å². The summed E-state index contributed by atoms with van der Waals surface area (Å²) in [6.45, 7) is 3.78. The molecule has 2 nitrogen and oxygen atoms in total. The van der Waals surface area contributed by atoms with Crippen molar-refractivity contribution in [2.75, 3.05) is 38.6 Å². The zero-order valence-electron chi connectivity index (χ0n) is 12.2. The molecule has 102 valence electrons. The maximum Gasteiger partial charge on any atom is 0.0364 e. The number of hydrogen-bond acceptors (Lipinski definition) is 2. The minimum absolute atomic E-state index is 1.19. The summed E-state index contributed by atoms with van der Waals surface area (Å²) in [4.78, 5) is 4.79. The number of rotatable bonds is 3. The van der Waals surface area contributed by atoms with E-state index in [0.717, 1.165) is 0 Å². The van der Waals surface area contributed by atoms with E-state index in [4.69, 9.17) is 0 Å². The predicted octanol–water partition coefficient (Wildman–Crippen LogP) is 3.18. The summed E-state index contributed by atoms with van der Waals surface area (Å²) in [5.74, 6) is 0. The molecule has 2 heteroatoms. The number of likely N-dealkylation sites (tertiary alicyclic amines) is 1. The lowest BCUT2D eigenvalue weighted by Gasteiger charge is -2.23. The van der Waals surface area contributed by atoms with Crippen LogP contribution in [0, 0.1) is 0 Å². The average Bonchev–Trinajstić information content (AvgIpc) is 2.91. The van der Waals surface area contributed by atoms with Gasteiger partial charge in [-0.3, -0.25) is 4.90 Å². The second-order valence-electron chi connectivity index (χ2n) is 6.06. The lowest BCUT2D eigenvalue weighted by atomic mass is 9.91. The Hall–Kier alpha value is -1.28. The molecule has 0 N–H and O–H groups in total. The monoisotopic (exact) mass is 256 g/mol. The van der Waals surface area contributed by atoms with Gasteiger partial charge in [-0.15, -0.1) is 0 Å². The first-order valence-corrected chi connectivity index (χ1v) is 7.44. The largest absolute Gasteiger partial charge is 0.378 e. The second kappa shape index (κ2) is 5.38. The molecular formula is C17H24N2. The minimum atomic E-state index is 1.19. The molecule has 0 amide bonds. The van der Waals surface area contributed by atoms with Gasteiger partial charge in [-0.2, -0.15) is 0 Å². The van der Waals surface area contributed by atoms with Crippen molar-refractivity contribution >= 4 is 11.8 Å². The standard InChI is InChI=1S/C17H24N2/c1-18(2)17-8-7-15-11-14(5-6-16(15)12-17)13-19-9-3-4-10-19/h7-8,11-12H,3-6,9-10,13H2,1-2H3. The summed E-state index contributed by atoms with van der Waals surface area (Å²) in [7, 11) is 4.22. The van der Waals surface area contributed by atoms with E-state index in [1.54, 1.807) is 5.57 Å². The van der Waals surface area contributed by atoms with Gasteiger partial charge in [-0.05, 0) is 62.0 Å². The van der Waals surface area contributed by atoms with Crippen LogP contribution in [0.4, 0.5) is 5.69 Å². The Bertz CT molecular complexity index is 482. The topological polar surface area (TPSA) is 6.48 Å². The number of anilines is 1. The molecule has 0 atom stereocenters. The van der Waals surface area contributed by atoms with Gasteiger partial charge in [0.15, 0.2) is 0 Å². The first-order valence-electron chi connectivity index (χ1n) is 7.44. The second-order valence-corrected chi connectivity index (χ2v) is 6.06. The molecule has 0 radical (unpaired) electrons. The zero-order valence-corrected chi connectivity index (χ0v) is 12.2. The molecule has 1 fully saturated rings. The highest BCUT2D eigenvalue weighted by Crippen LogP contribution is 2.28. The summed E-state index contributed by atoms with van der Waals surface area (Å²) >= 11 is 0. The van der Waals surface area contributed by atoms with E-state index in [1.165, 1.54) is 62.1 Å². The number of aryl methyl sites for hydroxylation is 1. The van der Waals surface area contributed by atoms with Gasteiger partial charge in [0.25, 0.3) is 0 Å². The molecule has 19 heavy (non-hydrogen) atoms. The van der Waals surface area contributed by atoms with Crippen LogP contribution in [0.3, 0.4) is 0 Å². The maximum absolute atomic E-state index is 2.60. The Morgan fingerprint density at radius 1 is 1.11 bits per heavy atom. The van der Waals surface area contributed by atoms with Crippen LogP contribution in [0.5, 0.6) is 0 Å². The smallest absolute Gasteiger partial charge is 0.0364 e. The van der Waals surface area contributed by atoms with Gasteiger partial charge in [0.05, 0.1) is 0 Å². The van der Waals surface area contributed by atoms with Gasteiger partial charge < -0.3 is 4.90 Å². The van der Waals surface area contributed by atoms with Gasteiger partial charge in [0, 0.05) is 26.3 Å². The summed E-state index contributed by atoms with van der Waals surface area (Å²) in [5.41, 5.74) is 5.88. The third-order valence-corrected chi connectivity index (χ3v) is 4.34. The molecule has 3 rings (SSSR count).